The molecule has 2 rings (SSSR count). The van der Waals surface area contributed by atoms with E-state index in [2.05, 4.69) is 55.3 Å². The molecule has 2 atom stereocenters. The second-order valence-electron chi connectivity index (χ2n) is 6.54. The van der Waals surface area contributed by atoms with E-state index in [1.165, 1.54) is 49.9 Å². The highest BCUT2D eigenvalue weighted by Crippen LogP contribution is 2.23. The fraction of sp³-hybridized carbons (Fsp3) is 0.684. The topological polar surface area (TPSA) is 15.3 Å². The highest BCUT2D eigenvalue weighted by molar-refractivity contribution is 5.29. The molecule has 0 aromatic heterocycles. The van der Waals surface area contributed by atoms with E-state index in [-0.39, 0.29) is 0 Å². The van der Waals surface area contributed by atoms with Gasteiger partial charge in [-0.05, 0) is 56.3 Å². The van der Waals surface area contributed by atoms with Gasteiger partial charge in [0.15, 0.2) is 0 Å². The van der Waals surface area contributed by atoms with E-state index >= 15 is 0 Å². The molecule has 1 aromatic carbocycles. The fourth-order valence-corrected chi connectivity index (χ4v) is 3.48. The summed E-state index contributed by atoms with van der Waals surface area (Å²) in [4.78, 5) is 2.68. The van der Waals surface area contributed by atoms with E-state index in [1.54, 1.807) is 0 Å². The van der Waals surface area contributed by atoms with Crippen LogP contribution in [0.3, 0.4) is 0 Å². The van der Waals surface area contributed by atoms with Gasteiger partial charge in [0.05, 0.1) is 0 Å². The first-order valence-electron chi connectivity index (χ1n) is 8.75. The lowest BCUT2D eigenvalue weighted by Crippen LogP contribution is -2.41. The molecule has 0 bridgehead atoms. The molecule has 0 saturated carbocycles. The van der Waals surface area contributed by atoms with Crippen LogP contribution < -0.4 is 5.32 Å². The second kappa shape index (κ2) is 8.55. The van der Waals surface area contributed by atoms with Crippen molar-refractivity contribution in [2.45, 2.75) is 52.5 Å². The highest BCUT2D eigenvalue weighted by atomic mass is 15.2. The van der Waals surface area contributed by atoms with Crippen molar-refractivity contribution in [1.82, 2.24) is 10.2 Å². The summed E-state index contributed by atoms with van der Waals surface area (Å²) < 4.78 is 0. The number of aryl methyl sites for hydroxylation is 1. The van der Waals surface area contributed by atoms with Gasteiger partial charge in [-0.15, -0.1) is 0 Å². The molecular weight excluding hydrogens is 256 g/mol. The lowest BCUT2D eigenvalue weighted by molar-refractivity contribution is 0.156. The van der Waals surface area contributed by atoms with E-state index in [4.69, 9.17) is 0 Å². The van der Waals surface area contributed by atoms with E-state index in [0.717, 1.165) is 19.0 Å². The molecule has 21 heavy (non-hydrogen) atoms. The number of hydrogen-bond donors (Lipinski definition) is 1. The fourth-order valence-electron chi connectivity index (χ4n) is 3.48. The van der Waals surface area contributed by atoms with Crippen molar-refractivity contribution < 1.29 is 0 Å². The zero-order valence-electron chi connectivity index (χ0n) is 14.1. The van der Waals surface area contributed by atoms with E-state index in [1.807, 2.05) is 0 Å². The molecule has 1 N–H and O–H groups in total. The summed E-state index contributed by atoms with van der Waals surface area (Å²) in [5.74, 6) is 0.905. The van der Waals surface area contributed by atoms with Crippen molar-refractivity contribution >= 4 is 0 Å². The molecule has 1 aromatic rings. The normalized spacial score (nSPS) is 21.4. The first-order chi connectivity index (χ1) is 10.2. The molecule has 2 nitrogen and oxygen atoms in total. The summed E-state index contributed by atoms with van der Waals surface area (Å²) in [5.41, 5.74) is 2.89. The van der Waals surface area contributed by atoms with Gasteiger partial charge in [0.2, 0.25) is 0 Å². The van der Waals surface area contributed by atoms with Crippen LogP contribution in [0.5, 0.6) is 0 Å². The van der Waals surface area contributed by atoms with Crippen molar-refractivity contribution in [3.05, 3.63) is 35.4 Å². The summed E-state index contributed by atoms with van der Waals surface area (Å²) in [6.45, 7) is 11.6. The van der Waals surface area contributed by atoms with Gasteiger partial charge in [-0.2, -0.15) is 0 Å². The van der Waals surface area contributed by atoms with Crippen LogP contribution in [0.4, 0.5) is 0 Å². The van der Waals surface area contributed by atoms with Gasteiger partial charge in [-0.1, -0.05) is 44.5 Å². The molecule has 1 aliphatic rings. The molecule has 2 heteroatoms. The Balaban J connectivity index is 2.04. The van der Waals surface area contributed by atoms with E-state index < -0.39 is 0 Å². The third-order valence-electron chi connectivity index (χ3n) is 4.83. The predicted octanol–water partition coefficient (Wildman–Crippen LogP) is 4.16. The quantitative estimate of drug-likeness (QED) is 0.810. The van der Waals surface area contributed by atoms with E-state index in [0.29, 0.717) is 6.04 Å². The van der Waals surface area contributed by atoms with Gasteiger partial charge in [0, 0.05) is 19.1 Å². The largest absolute Gasteiger partial charge is 0.309 e. The van der Waals surface area contributed by atoms with Gasteiger partial charge in [0.1, 0.15) is 0 Å². The van der Waals surface area contributed by atoms with Crippen LogP contribution >= 0.6 is 0 Å². The lowest BCUT2D eigenvalue weighted by Gasteiger charge is -2.35. The SMILES string of the molecule is CCCNC(CN1CCCC(CC)C1)c1ccccc1C. The Kier molecular flexibility index (Phi) is 6.72. The number of nitrogens with zero attached hydrogens (tertiary/aromatic N) is 1. The summed E-state index contributed by atoms with van der Waals surface area (Å²) in [6, 6.07) is 9.32. The van der Waals surface area contributed by atoms with Crippen LogP contribution in [0.2, 0.25) is 0 Å². The maximum atomic E-state index is 3.77. The van der Waals surface area contributed by atoms with Gasteiger partial charge < -0.3 is 10.2 Å². The average molecular weight is 288 g/mol. The molecule has 0 aliphatic carbocycles. The van der Waals surface area contributed by atoms with Crippen LogP contribution in [0.15, 0.2) is 24.3 Å². The van der Waals surface area contributed by atoms with E-state index in [9.17, 15) is 0 Å². The van der Waals surface area contributed by atoms with Crippen molar-refractivity contribution in [1.29, 1.82) is 0 Å². The number of nitrogens with one attached hydrogen (secondary N) is 1. The van der Waals surface area contributed by atoms with Gasteiger partial charge in [-0.25, -0.2) is 0 Å². The number of hydrogen-bond acceptors (Lipinski definition) is 2. The summed E-state index contributed by atoms with van der Waals surface area (Å²) in [7, 11) is 0. The maximum absolute atomic E-state index is 3.77. The minimum atomic E-state index is 0.474. The lowest BCUT2D eigenvalue weighted by atomic mass is 9.94. The average Bonchev–Trinajstić information content (AvgIpc) is 2.52. The third-order valence-corrected chi connectivity index (χ3v) is 4.83. The van der Waals surface area contributed by atoms with Crippen molar-refractivity contribution in [2.24, 2.45) is 5.92 Å². The minimum Gasteiger partial charge on any atom is -0.309 e. The number of rotatable bonds is 7. The van der Waals surface area contributed by atoms with Gasteiger partial charge in [0.25, 0.3) is 0 Å². The Morgan fingerprint density at radius 2 is 2.10 bits per heavy atom. The Bertz CT molecular complexity index is 416. The first kappa shape index (κ1) is 16.5. The van der Waals surface area contributed by atoms with Crippen molar-refractivity contribution in [3.8, 4) is 0 Å². The van der Waals surface area contributed by atoms with Crippen LogP contribution in [0.25, 0.3) is 0 Å². The second-order valence-corrected chi connectivity index (χ2v) is 6.54. The van der Waals surface area contributed by atoms with Crippen LogP contribution in [0.1, 0.15) is 56.7 Å². The summed E-state index contributed by atoms with van der Waals surface area (Å²) in [6.07, 6.45) is 5.31. The summed E-state index contributed by atoms with van der Waals surface area (Å²) in [5, 5.41) is 3.77. The Morgan fingerprint density at radius 3 is 2.81 bits per heavy atom. The summed E-state index contributed by atoms with van der Waals surface area (Å²) >= 11 is 0. The molecule has 2 unspecified atom stereocenters. The van der Waals surface area contributed by atoms with Crippen molar-refractivity contribution in [2.75, 3.05) is 26.2 Å². The maximum Gasteiger partial charge on any atom is 0.0451 e. The monoisotopic (exact) mass is 288 g/mol. The Hall–Kier alpha value is -0.860. The standard InChI is InChI=1S/C19H32N2/c1-4-12-20-19(18-11-7-6-9-16(18)3)15-21-13-8-10-17(5-2)14-21/h6-7,9,11,17,19-20H,4-5,8,10,12-15H2,1-3H3. The Labute approximate surface area is 130 Å². The van der Waals surface area contributed by atoms with Gasteiger partial charge >= 0.3 is 0 Å². The molecule has 1 fully saturated rings. The van der Waals surface area contributed by atoms with Gasteiger partial charge in [-0.3, -0.25) is 0 Å². The molecule has 118 valence electrons. The molecule has 0 radical (unpaired) electrons. The predicted molar refractivity (Wildman–Crippen MR) is 91.7 cm³/mol. The molecular formula is C19H32N2. The zero-order chi connectivity index (χ0) is 15.1. The highest BCUT2D eigenvalue weighted by Gasteiger charge is 2.22. The minimum absolute atomic E-state index is 0.474. The Morgan fingerprint density at radius 1 is 1.29 bits per heavy atom. The molecule has 0 spiro atoms. The van der Waals surface area contributed by atoms with Crippen LogP contribution in [0, 0.1) is 12.8 Å². The number of piperidine rings is 1. The van der Waals surface area contributed by atoms with Crippen LogP contribution in [-0.2, 0) is 0 Å². The zero-order valence-corrected chi connectivity index (χ0v) is 14.1. The number of benzene rings is 1. The van der Waals surface area contributed by atoms with Crippen molar-refractivity contribution in [3.63, 3.8) is 0 Å². The first-order valence-corrected chi connectivity index (χ1v) is 8.75. The van der Waals surface area contributed by atoms with Crippen LogP contribution in [-0.4, -0.2) is 31.1 Å². The molecule has 1 saturated heterocycles. The smallest absolute Gasteiger partial charge is 0.0451 e. The molecule has 1 heterocycles. The number of likely N-dealkylation sites (tertiary alicyclic amines) is 1. The molecule has 1 aliphatic heterocycles. The molecule has 0 amide bonds. The third kappa shape index (κ3) is 4.82.